The van der Waals surface area contributed by atoms with Gasteiger partial charge in [0.05, 0.1) is 0 Å². The van der Waals surface area contributed by atoms with Gasteiger partial charge in [0.1, 0.15) is 5.75 Å². The second-order valence-electron chi connectivity index (χ2n) is 7.14. The van der Waals surface area contributed by atoms with Crippen LogP contribution in [0.2, 0.25) is 0 Å². The van der Waals surface area contributed by atoms with Gasteiger partial charge in [-0.2, -0.15) is 0 Å². The number of carbonyl (C=O) groups is 1. The van der Waals surface area contributed by atoms with Crippen LogP contribution >= 0.6 is 11.3 Å². The fraction of sp³-hybridized carbons (Fsp3) is 0.450. The van der Waals surface area contributed by atoms with Crippen LogP contribution in [0.25, 0.3) is 0 Å². The Morgan fingerprint density at radius 1 is 1.16 bits per heavy atom. The summed E-state index contributed by atoms with van der Waals surface area (Å²) in [5, 5.41) is 4.10. The second-order valence-corrected chi connectivity index (χ2v) is 8.39. The van der Waals surface area contributed by atoms with E-state index < -0.39 is 0 Å². The monoisotopic (exact) mass is 356 g/mol. The molecule has 1 N–H and O–H groups in total. The number of carbonyl (C=O) groups excluding carboxylic acids is 1. The number of amides is 1. The standard InChI is InChI=1S/C20H24N2O2S/c1-14-2-7-19(25-14)24-18-5-3-16(4-6-18)20(23)21-17-12-15-8-10-22(13-17)11-9-15/h2-7,15,17H,8-13H2,1H3,(H,21,23). The number of hydrogen-bond acceptors (Lipinski definition) is 4. The van der Waals surface area contributed by atoms with E-state index in [4.69, 9.17) is 4.74 Å². The third-order valence-electron chi connectivity index (χ3n) is 5.19. The lowest BCUT2D eigenvalue weighted by atomic mass is 9.94. The van der Waals surface area contributed by atoms with Gasteiger partial charge in [0.15, 0.2) is 5.06 Å². The van der Waals surface area contributed by atoms with Crippen LogP contribution in [0.4, 0.5) is 0 Å². The minimum absolute atomic E-state index is 0.0195. The number of hydrogen-bond donors (Lipinski definition) is 1. The zero-order valence-electron chi connectivity index (χ0n) is 14.5. The first-order valence-corrected chi connectivity index (χ1v) is 9.85. The molecule has 1 aromatic carbocycles. The van der Waals surface area contributed by atoms with Crippen molar-refractivity contribution in [2.75, 3.05) is 19.6 Å². The zero-order valence-corrected chi connectivity index (χ0v) is 15.3. The summed E-state index contributed by atoms with van der Waals surface area (Å²) in [6.45, 7) is 5.42. The van der Waals surface area contributed by atoms with Gasteiger partial charge in [-0.25, -0.2) is 0 Å². The molecule has 3 saturated heterocycles. The van der Waals surface area contributed by atoms with Crippen LogP contribution < -0.4 is 10.1 Å². The molecule has 3 aliphatic rings. The summed E-state index contributed by atoms with van der Waals surface area (Å²) >= 11 is 1.62. The molecule has 4 nitrogen and oxygen atoms in total. The van der Waals surface area contributed by atoms with Gasteiger partial charge in [-0.15, -0.1) is 11.3 Å². The zero-order chi connectivity index (χ0) is 17.2. The first kappa shape index (κ1) is 16.6. The topological polar surface area (TPSA) is 41.6 Å². The van der Waals surface area contributed by atoms with Gasteiger partial charge in [0, 0.05) is 23.0 Å². The molecule has 1 atom stereocenters. The van der Waals surface area contributed by atoms with E-state index in [1.54, 1.807) is 11.3 Å². The summed E-state index contributed by atoms with van der Waals surface area (Å²) in [5.74, 6) is 1.55. The number of benzene rings is 1. The Morgan fingerprint density at radius 2 is 1.92 bits per heavy atom. The number of thiophene rings is 1. The molecule has 1 amide bonds. The fourth-order valence-electron chi connectivity index (χ4n) is 3.82. The van der Waals surface area contributed by atoms with Crippen LogP contribution in [0, 0.1) is 12.8 Å². The molecule has 1 aromatic heterocycles. The maximum absolute atomic E-state index is 12.6. The summed E-state index contributed by atoms with van der Waals surface area (Å²) in [4.78, 5) is 16.3. The average Bonchev–Trinajstić information content (AvgIpc) is 2.81. The van der Waals surface area contributed by atoms with Gasteiger partial charge in [0.25, 0.3) is 5.91 Å². The van der Waals surface area contributed by atoms with Gasteiger partial charge in [0.2, 0.25) is 0 Å². The molecule has 0 radical (unpaired) electrons. The smallest absolute Gasteiger partial charge is 0.251 e. The molecule has 0 aliphatic carbocycles. The Labute approximate surface area is 152 Å². The number of ether oxygens (including phenoxy) is 1. The molecule has 0 spiro atoms. The highest BCUT2D eigenvalue weighted by atomic mass is 32.1. The van der Waals surface area contributed by atoms with E-state index in [0.717, 1.165) is 29.7 Å². The largest absolute Gasteiger partial charge is 0.447 e. The van der Waals surface area contributed by atoms with Crippen LogP contribution in [0.3, 0.4) is 0 Å². The summed E-state index contributed by atoms with van der Waals surface area (Å²) in [6.07, 6.45) is 3.67. The molecule has 2 bridgehead atoms. The number of nitrogens with zero attached hydrogens (tertiary/aromatic N) is 1. The van der Waals surface area contributed by atoms with Crippen LogP contribution in [0.5, 0.6) is 10.8 Å². The Bertz CT molecular complexity index is 718. The maximum atomic E-state index is 12.6. The van der Waals surface area contributed by atoms with Crippen molar-refractivity contribution < 1.29 is 9.53 Å². The van der Waals surface area contributed by atoms with Gasteiger partial charge in [-0.05, 0) is 81.6 Å². The highest BCUT2D eigenvalue weighted by Gasteiger charge is 2.29. The minimum atomic E-state index is 0.0195. The van der Waals surface area contributed by atoms with Crippen molar-refractivity contribution in [2.45, 2.75) is 32.2 Å². The van der Waals surface area contributed by atoms with Gasteiger partial charge in [-0.1, -0.05) is 0 Å². The number of nitrogens with one attached hydrogen (secondary N) is 1. The molecule has 1 unspecified atom stereocenters. The Balaban J connectivity index is 1.37. The molecule has 132 valence electrons. The summed E-state index contributed by atoms with van der Waals surface area (Å²) in [5.41, 5.74) is 0.696. The highest BCUT2D eigenvalue weighted by Crippen LogP contribution is 2.29. The van der Waals surface area contributed by atoms with Crippen molar-refractivity contribution in [1.82, 2.24) is 10.2 Å². The Kier molecular flexibility index (Phi) is 4.77. The van der Waals surface area contributed by atoms with Crippen LogP contribution in [0.1, 0.15) is 34.5 Å². The molecule has 4 heterocycles. The second kappa shape index (κ2) is 7.18. The molecular weight excluding hydrogens is 332 g/mol. The van der Waals surface area contributed by atoms with E-state index in [2.05, 4.69) is 17.1 Å². The normalized spacial score (nSPS) is 25.4. The van der Waals surface area contributed by atoms with Crippen molar-refractivity contribution >= 4 is 17.2 Å². The van der Waals surface area contributed by atoms with Crippen molar-refractivity contribution in [2.24, 2.45) is 5.92 Å². The molecule has 2 aromatic rings. The average molecular weight is 356 g/mol. The predicted molar refractivity (Wildman–Crippen MR) is 101 cm³/mol. The summed E-state index contributed by atoms with van der Waals surface area (Å²) in [7, 11) is 0. The molecule has 3 fully saturated rings. The van der Waals surface area contributed by atoms with Crippen molar-refractivity contribution in [3.8, 4) is 10.8 Å². The lowest BCUT2D eigenvalue weighted by molar-refractivity contribution is 0.0929. The third-order valence-corrected chi connectivity index (χ3v) is 6.07. The van der Waals surface area contributed by atoms with Gasteiger partial charge < -0.3 is 15.0 Å². The Morgan fingerprint density at radius 3 is 2.60 bits per heavy atom. The van der Waals surface area contributed by atoms with E-state index >= 15 is 0 Å². The van der Waals surface area contributed by atoms with Crippen molar-refractivity contribution in [3.05, 3.63) is 46.8 Å². The molecule has 25 heavy (non-hydrogen) atoms. The highest BCUT2D eigenvalue weighted by molar-refractivity contribution is 7.13. The first-order chi connectivity index (χ1) is 12.2. The SMILES string of the molecule is Cc1ccc(Oc2ccc(C(=O)NC3CC4CCN(CC4)C3)cc2)s1. The van der Waals surface area contributed by atoms with Crippen molar-refractivity contribution in [3.63, 3.8) is 0 Å². The van der Waals surface area contributed by atoms with E-state index in [1.165, 1.54) is 30.8 Å². The lowest BCUT2D eigenvalue weighted by Gasteiger charge is -2.26. The van der Waals surface area contributed by atoms with Crippen LogP contribution in [0.15, 0.2) is 36.4 Å². The number of aryl methyl sites for hydroxylation is 1. The maximum Gasteiger partial charge on any atom is 0.251 e. The van der Waals surface area contributed by atoms with Crippen LogP contribution in [-0.4, -0.2) is 36.5 Å². The number of fused-ring (bicyclic) bond motifs is 4. The number of rotatable bonds is 4. The van der Waals surface area contributed by atoms with E-state index in [1.807, 2.05) is 36.4 Å². The van der Waals surface area contributed by atoms with Gasteiger partial charge in [-0.3, -0.25) is 4.79 Å². The molecule has 0 saturated carbocycles. The van der Waals surface area contributed by atoms with E-state index in [-0.39, 0.29) is 11.9 Å². The minimum Gasteiger partial charge on any atom is -0.447 e. The van der Waals surface area contributed by atoms with E-state index in [0.29, 0.717) is 5.56 Å². The van der Waals surface area contributed by atoms with Gasteiger partial charge >= 0.3 is 0 Å². The predicted octanol–water partition coefficient (Wildman–Crippen LogP) is 4.06. The van der Waals surface area contributed by atoms with E-state index in [9.17, 15) is 4.79 Å². The quantitative estimate of drug-likeness (QED) is 0.898. The van der Waals surface area contributed by atoms with Crippen molar-refractivity contribution in [1.29, 1.82) is 0 Å². The third kappa shape index (κ3) is 4.05. The molecule has 5 rings (SSSR count). The molecule has 5 heteroatoms. The number of piperidine rings is 1. The fourth-order valence-corrected chi connectivity index (χ4v) is 4.55. The Hall–Kier alpha value is -1.85. The van der Waals surface area contributed by atoms with Crippen LogP contribution in [-0.2, 0) is 0 Å². The molecular formula is C20H24N2O2S. The summed E-state index contributed by atoms with van der Waals surface area (Å²) in [6, 6.07) is 11.7. The molecule has 3 aliphatic heterocycles. The first-order valence-electron chi connectivity index (χ1n) is 9.03. The summed E-state index contributed by atoms with van der Waals surface area (Å²) < 4.78 is 5.82. The lowest BCUT2D eigenvalue weighted by Crippen LogP contribution is -2.41.